The number of carbonyl (C=O) groups excluding carboxylic acids is 1. The topological polar surface area (TPSA) is 112 Å². The minimum atomic E-state index is -0.285. The third-order valence-electron chi connectivity index (χ3n) is 4.83. The minimum Gasteiger partial charge on any atom is -0.493 e. The molecule has 0 spiro atoms. The number of hydrogen-bond acceptors (Lipinski definition) is 7. The van der Waals surface area contributed by atoms with Crippen molar-refractivity contribution in [1.29, 1.82) is 0 Å². The van der Waals surface area contributed by atoms with E-state index in [-0.39, 0.29) is 5.91 Å². The maximum absolute atomic E-state index is 12.6. The van der Waals surface area contributed by atoms with Gasteiger partial charge in [0.25, 0.3) is 5.91 Å². The molecule has 0 unspecified atom stereocenters. The molecule has 4 rings (SSSR count). The fourth-order valence-corrected chi connectivity index (χ4v) is 3.24. The van der Waals surface area contributed by atoms with Crippen molar-refractivity contribution < 1.29 is 23.4 Å². The van der Waals surface area contributed by atoms with Crippen LogP contribution >= 0.6 is 0 Å². The first-order valence-corrected chi connectivity index (χ1v) is 9.75. The minimum absolute atomic E-state index is 0.285. The summed E-state index contributed by atoms with van der Waals surface area (Å²) in [5, 5.41) is 9.91. The van der Waals surface area contributed by atoms with Gasteiger partial charge >= 0.3 is 0 Å². The smallest absolute Gasteiger partial charge is 0.269 e. The van der Waals surface area contributed by atoms with Crippen LogP contribution in [0.15, 0.2) is 59.3 Å². The summed E-state index contributed by atoms with van der Waals surface area (Å²) >= 11 is 0. The molecule has 4 aromatic rings. The zero-order valence-electron chi connectivity index (χ0n) is 17.8. The van der Waals surface area contributed by atoms with Crippen LogP contribution in [0.2, 0.25) is 0 Å². The number of nitrogens with zero attached hydrogens (tertiary/aromatic N) is 2. The summed E-state index contributed by atoms with van der Waals surface area (Å²) in [7, 11) is 4.62. The average molecular weight is 434 g/mol. The van der Waals surface area contributed by atoms with Gasteiger partial charge < -0.3 is 23.9 Å². The lowest BCUT2D eigenvalue weighted by Gasteiger charge is -2.13. The van der Waals surface area contributed by atoms with Gasteiger partial charge in [-0.2, -0.15) is 5.10 Å². The molecule has 0 radical (unpaired) electrons. The van der Waals surface area contributed by atoms with Gasteiger partial charge in [0.1, 0.15) is 11.4 Å². The Hall–Kier alpha value is -4.27. The van der Waals surface area contributed by atoms with Crippen LogP contribution in [0.1, 0.15) is 16.1 Å². The summed E-state index contributed by atoms with van der Waals surface area (Å²) in [5.74, 6) is 1.87. The molecule has 3 heterocycles. The second-order valence-corrected chi connectivity index (χ2v) is 6.79. The molecule has 2 N–H and O–H groups in total. The van der Waals surface area contributed by atoms with Gasteiger partial charge in [0.15, 0.2) is 17.3 Å². The van der Waals surface area contributed by atoms with Crippen LogP contribution in [0.4, 0.5) is 0 Å². The van der Waals surface area contributed by atoms with Gasteiger partial charge in [0.05, 0.1) is 33.3 Å². The number of ether oxygens (including phenoxy) is 3. The molecule has 32 heavy (non-hydrogen) atoms. The third-order valence-corrected chi connectivity index (χ3v) is 4.83. The fraction of sp³-hybridized carbons (Fsp3) is 0.174. The van der Waals surface area contributed by atoms with E-state index in [1.165, 1.54) is 7.11 Å². The maximum atomic E-state index is 12.6. The van der Waals surface area contributed by atoms with E-state index in [1.54, 1.807) is 50.9 Å². The first-order valence-electron chi connectivity index (χ1n) is 9.75. The molecular weight excluding hydrogens is 412 g/mol. The van der Waals surface area contributed by atoms with Gasteiger partial charge in [-0.15, -0.1) is 0 Å². The number of carbonyl (C=O) groups is 1. The normalized spacial score (nSPS) is 10.6. The predicted molar refractivity (Wildman–Crippen MR) is 117 cm³/mol. The van der Waals surface area contributed by atoms with E-state index in [0.29, 0.717) is 52.2 Å². The van der Waals surface area contributed by atoms with Crippen molar-refractivity contribution in [2.24, 2.45) is 0 Å². The van der Waals surface area contributed by atoms with Crippen molar-refractivity contribution in [3.8, 4) is 40.0 Å². The Morgan fingerprint density at radius 2 is 1.81 bits per heavy atom. The number of methoxy groups -OCH3 is 3. The maximum Gasteiger partial charge on any atom is 0.269 e. The van der Waals surface area contributed by atoms with Crippen molar-refractivity contribution in [1.82, 2.24) is 20.5 Å². The van der Waals surface area contributed by atoms with Crippen LogP contribution in [-0.4, -0.2) is 42.4 Å². The summed E-state index contributed by atoms with van der Waals surface area (Å²) < 4.78 is 21.5. The number of furan rings is 1. The Morgan fingerprint density at radius 3 is 2.47 bits per heavy atom. The second kappa shape index (κ2) is 9.25. The van der Waals surface area contributed by atoms with E-state index in [9.17, 15) is 4.79 Å². The van der Waals surface area contributed by atoms with Crippen molar-refractivity contribution in [3.63, 3.8) is 0 Å². The van der Waals surface area contributed by atoms with Crippen molar-refractivity contribution >= 4 is 5.91 Å². The molecule has 0 saturated carbocycles. The number of pyridine rings is 1. The summed E-state index contributed by atoms with van der Waals surface area (Å²) in [6.45, 7) is 0.327. The Bertz CT molecular complexity index is 1190. The highest BCUT2D eigenvalue weighted by molar-refractivity contribution is 5.93. The fourth-order valence-electron chi connectivity index (χ4n) is 3.24. The summed E-state index contributed by atoms with van der Waals surface area (Å²) in [4.78, 5) is 16.9. The van der Waals surface area contributed by atoms with Crippen LogP contribution in [0.25, 0.3) is 22.7 Å². The average Bonchev–Trinajstić information content (AvgIpc) is 3.54. The molecular formula is C23H22N4O5. The highest BCUT2D eigenvalue weighted by Crippen LogP contribution is 2.40. The standard InChI is InChI=1S/C23H22N4O5/c1-29-20-10-15(11-21(30-2)22(20)31-3)16-12-18(27-26-16)23(28)25-13-14-6-7-24-17(9-14)19-5-4-8-32-19/h4-12H,13H2,1-3H3,(H,25,28)(H,26,27). The summed E-state index contributed by atoms with van der Waals surface area (Å²) in [6, 6.07) is 12.5. The number of benzene rings is 1. The van der Waals surface area contributed by atoms with E-state index in [1.807, 2.05) is 18.2 Å². The highest BCUT2D eigenvalue weighted by atomic mass is 16.5. The van der Waals surface area contributed by atoms with Crippen LogP contribution in [-0.2, 0) is 6.54 Å². The first kappa shape index (κ1) is 21.0. The van der Waals surface area contributed by atoms with Crippen LogP contribution in [0.3, 0.4) is 0 Å². The molecule has 0 aliphatic rings. The number of hydrogen-bond donors (Lipinski definition) is 2. The zero-order chi connectivity index (χ0) is 22.5. The van der Waals surface area contributed by atoms with Crippen molar-refractivity contribution in [3.05, 3.63) is 66.2 Å². The molecule has 0 atom stereocenters. The van der Waals surface area contributed by atoms with Gasteiger partial charge in [-0.1, -0.05) is 0 Å². The SMILES string of the molecule is COc1cc(-c2cc(C(=O)NCc3ccnc(-c4ccco4)c3)[nH]n2)cc(OC)c1OC. The van der Waals surface area contributed by atoms with E-state index < -0.39 is 0 Å². The van der Waals surface area contributed by atoms with E-state index in [4.69, 9.17) is 18.6 Å². The Kier molecular flexibility index (Phi) is 6.07. The van der Waals surface area contributed by atoms with Gasteiger partial charge in [-0.25, -0.2) is 0 Å². The molecule has 1 aromatic carbocycles. The van der Waals surface area contributed by atoms with E-state index in [2.05, 4.69) is 20.5 Å². The Labute approximate surface area is 184 Å². The van der Waals surface area contributed by atoms with Crippen molar-refractivity contribution in [2.45, 2.75) is 6.54 Å². The molecule has 0 aliphatic carbocycles. The van der Waals surface area contributed by atoms with Crippen LogP contribution < -0.4 is 19.5 Å². The molecule has 0 aliphatic heterocycles. The van der Waals surface area contributed by atoms with Gasteiger partial charge in [0.2, 0.25) is 5.75 Å². The quantitative estimate of drug-likeness (QED) is 0.435. The predicted octanol–water partition coefficient (Wildman–Crippen LogP) is 3.69. The number of aromatic nitrogens is 3. The molecule has 9 heteroatoms. The first-order chi connectivity index (χ1) is 15.6. The highest BCUT2D eigenvalue weighted by Gasteiger charge is 2.17. The molecule has 1 amide bonds. The monoisotopic (exact) mass is 434 g/mol. The number of nitrogens with one attached hydrogen (secondary N) is 2. The van der Waals surface area contributed by atoms with Crippen LogP contribution in [0, 0.1) is 0 Å². The molecule has 0 saturated heterocycles. The molecule has 164 valence electrons. The molecule has 0 fully saturated rings. The zero-order valence-corrected chi connectivity index (χ0v) is 17.8. The lowest BCUT2D eigenvalue weighted by molar-refractivity contribution is 0.0946. The number of aromatic amines is 1. The van der Waals surface area contributed by atoms with Gasteiger partial charge in [-0.3, -0.25) is 14.9 Å². The summed E-state index contributed by atoms with van der Waals surface area (Å²) in [6.07, 6.45) is 3.27. The van der Waals surface area contributed by atoms with E-state index in [0.717, 1.165) is 5.56 Å². The molecule has 9 nitrogen and oxygen atoms in total. The number of H-pyrrole nitrogens is 1. The Balaban J connectivity index is 1.48. The van der Waals surface area contributed by atoms with E-state index >= 15 is 0 Å². The largest absolute Gasteiger partial charge is 0.493 e. The summed E-state index contributed by atoms with van der Waals surface area (Å²) in [5.41, 5.74) is 3.21. The molecule has 3 aromatic heterocycles. The molecule has 0 bridgehead atoms. The number of amides is 1. The lowest BCUT2D eigenvalue weighted by atomic mass is 10.1. The Morgan fingerprint density at radius 1 is 1.03 bits per heavy atom. The van der Waals surface area contributed by atoms with Gasteiger partial charge in [-0.05, 0) is 48.0 Å². The second-order valence-electron chi connectivity index (χ2n) is 6.79. The third kappa shape index (κ3) is 4.27. The van der Waals surface area contributed by atoms with Crippen LogP contribution in [0.5, 0.6) is 17.2 Å². The van der Waals surface area contributed by atoms with Crippen molar-refractivity contribution in [2.75, 3.05) is 21.3 Å². The van der Waals surface area contributed by atoms with Gasteiger partial charge in [0, 0.05) is 18.3 Å². The lowest BCUT2D eigenvalue weighted by Crippen LogP contribution is -2.23. The number of rotatable bonds is 8.